The van der Waals surface area contributed by atoms with Gasteiger partial charge in [0.15, 0.2) is 0 Å². The third-order valence-corrected chi connectivity index (χ3v) is 3.06. The van der Waals surface area contributed by atoms with Gasteiger partial charge < -0.3 is 9.64 Å². The van der Waals surface area contributed by atoms with E-state index >= 15 is 0 Å². The van der Waals surface area contributed by atoms with Crippen molar-refractivity contribution in [3.05, 3.63) is 59.1 Å². The highest BCUT2D eigenvalue weighted by molar-refractivity contribution is 5.94. The van der Waals surface area contributed by atoms with E-state index in [1.165, 1.54) is 0 Å². The van der Waals surface area contributed by atoms with Crippen LogP contribution in [0, 0.1) is 6.92 Å². The number of nitrogens with zero attached hydrogens (tertiary/aromatic N) is 1. The van der Waals surface area contributed by atoms with Gasteiger partial charge >= 0.3 is 0 Å². The minimum atomic E-state index is -0.00826. The summed E-state index contributed by atoms with van der Waals surface area (Å²) in [5.41, 5.74) is 1.83. The van der Waals surface area contributed by atoms with Gasteiger partial charge in [0, 0.05) is 12.6 Å². The van der Waals surface area contributed by atoms with Crippen LogP contribution in [0.1, 0.15) is 36.7 Å². The number of rotatable bonds is 5. The molecule has 0 aliphatic heterocycles. The van der Waals surface area contributed by atoms with Crippen molar-refractivity contribution in [1.29, 1.82) is 0 Å². The Labute approximate surface area is 121 Å². The SMILES string of the molecule is C/C=C(/C)O/C(=C\C)CN(C)C(=O)c1ccc(C)cc1. The topological polar surface area (TPSA) is 29.5 Å². The molecule has 1 aromatic rings. The Bertz CT molecular complexity index is 512. The summed E-state index contributed by atoms with van der Waals surface area (Å²) in [6.45, 7) is 8.18. The second kappa shape index (κ2) is 7.53. The summed E-state index contributed by atoms with van der Waals surface area (Å²) < 4.78 is 5.65. The van der Waals surface area contributed by atoms with Crippen molar-refractivity contribution in [3.63, 3.8) is 0 Å². The molecule has 0 saturated heterocycles. The second-order valence-corrected chi connectivity index (χ2v) is 4.78. The second-order valence-electron chi connectivity index (χ2n) is 4.78. The van der Waals surface area contributed by atoms with Gasteiger partial charge in [-0.2, -0.15) is 0 Å². The maximum absolute atomic E-state index is 12.3. The first-order chi connectivity index (χ1) is 9.47. The molecule has 1 aromatic carbocycles. The normalized spacial score (nSPS) is 12.2. The molecule has 0 N–H and O–H groups in total. The molecule has 0 fully saturated rings. The van der Waals surface area contributed by atoms with Gasteiger partial charge in [0.1, 0.15) is 5.76 Å². The molecular weight excluding hydrogens is 250 g/mol. The predicted octanol–water partition coefficient (Wildman–Crippen LogP) is 3.91. The lowest BCUT2D eigenvalue weighted by molar-refractivity contribution is 0.0787. The molecule has 3 nitrogen and oxygen atoms in total. The number of hydrogen-bond donors (Lipinski definition) is 0. The van der Waals surface area contributed by atoms with Crippen LogP contribution in [0.2, 0.25) is 0 Å². The number of ether oxygens (including phenoxy) is 1. The molecule has 0 aromatic heterocycles. The fraction of sp³-hybridized carbons (Fsp3) is 0.353. The Hall–Kier alpha value is -2.03. The van der Waals surface area contributed by atoms with E-state index in [9.17, 15) is 4.79 Å². The molecule has 1 rings (SSSR count). The molecular formula is C17H23NO2. The number of aryl methyl sites for hydroxylation is 1. The van der Waals surface area contributed by atoms with E-state index in [2.05, 4.69) is 0 Å². The average molecular weight is 273 g/mol. The number of likely N-dealkylation sites (N-methyl/N-ethyl adjacent to an activating group) is 1. The van der Waals surface area contributed by atoms with Gasteiger partial charge in [-0.05, 0) is 52.0 Å². The van der Waals surface area contributed by atoms with Gasteiger partial charge in [-0.1, -0.05) is 17.7 Å². The molecule has 0 atom stereocenters. The van der Waals surface area contributed by atoms with Gasteiger partial charge in [-0.25, -0.2) is 0 Å². The number of hydrogen-bond acceptors (Lipinski definition) is 2. The molecule has 1 amide bonds. The zero-order chi connectivity index (χ0) is 15.1. The van der Waals surface area contributed by atoms with Crippen LogP contribution in [-0.2, 0) is 4.74 Å². The van der Waals surface area contributed by atoms with Crippen molar-refractivity contribution in [3.8, 4) is 0 Å². The monoisotopic (exact) mass is 273 g/mol. The molecule has 0 heterocycles. The van der Waals surface area contributed by atoms with Crippen LogP contribution < -0.4 is 0 Å². The van der Waals surface area contributed by atoms with E-state index in [-0.39, 0.29) is 5.91 Å². The number of benzene rings is 1. The van der Waals surface area contributed by atoms with Crippen LogP contribution in [0.3, 0.4) is 0 Å². The molecule has 0 aliphatic carbocycles. The molecule has 0 saturated carbocycles. The summed E-state index contributed by atoms with van der Waals surface area (Å²) >= 11 is 0. The third kappa shape index (κ3) is 4.57. The summed E-state index contributed by atoms with van der Waals surface area (Å²) in [5, 5.41) is 0. The largest absolute Gasteiger partial charge is 0.465 e. The van der Waals surface area contributed by atoms with Crippen LogP contribution in [-0.4, -0.2) is 24.4 Å². The summed E-state index contributed by atoms with van der Waals surface area (Å²) in [6, 6.07) is 7.58. The minimum Gasteiger partial charge on any atom is -0.465 e. The molecule has 0 bridgehead atoms. The Balaban J connectivity index is 2.72. The van der Waals surface area contributed by atoms with E-state index in [1.807, 2.05) is 64.1 Å². The third-order valence-electron chi connectivity index (χ3n) is 3.06. The van der Waals surface area contributed by atoms with Crippen LogP contribution in [0.5, 0.6) is 0 Å². The Kier molecular flexibility index (Phi) is 6.04. The summed E-state index contributed by atoms with van der Waals surface area (Å²) in [4.78, 5) is 13.9. The van der Waals surface area contributed by atoms with Gasteiger partial charge in [0.05, 0.1) is 12.3 Å². The van der Waals surface area contributed by atoms with E-state index < -0.39 is 0 Å². The van der Waals surface area contributed by atoms with Gasteiger partial charge in [-0.15, -0.1) is 0 Å². The van der Waals surface area contributed by atoms with Crippen molar-refractivity contribution in [1.82, 2.24) is 4.90 Å². The van der Waals surface area contributed by atoms with Crippen molar-refractivity contribution in [2.24, 2.45) is 0 Å². The van der Waals surface area contributed by atoms with E-state index in [1.54, 1.807) is 11.9 Å². The van der Waals surface area contributed by atoms with E-state index in [0.717, 1.165) is 17.1 Å². The van der Waals surface area contributed by atoms with E-state index in [4.69, 9.17) is 4.74 Å². The fourth-order valence-corrected chi connectivity index (χ4v) is 1.67. The lowest BCUT2D eigenvalue weighted by Crippen LogP contribution is -2.29. The molecule has 20 heavy (non-hydrogen) atoms. The highest BCUT2D eigenvalue weighted by atomic mass is 16.5. The van der Waals surface area contributed by atoms with Gasteiger partial charge in [0.25, 0.3) is 5.91 Å². The standard InChI is InChI=1S/C17H23NO2/c1-6-14(4)20-16(7-2)12-18(5)17(19)15-10-8-13(3)9-11-15/h6-11H,12H2,1-5H3/b14-6-,16-7-. The molecule has 0 aliphatic rings. The predicted molar refractivity (Wildman–Crippen MR) is 82.4 cm³/mol. The van der Waals surface area contributed by atoms with E-state index in [0.29, 0.717) is 12.1 Å². The molecule has 0 spiro atoms. The van der Waals surface area contributed by atoms with Gasteiger partial charge in [-0.3, -0.25) is 4.79 Å². The van der Waals surface area contributed by atoms with Crippen LogP contribution >= 0.6 is 0 Å². The zero-order valence-corrected chi connectivity index (χ0v) is 12.9. The van der Waals surface area contributed by atoms with Crippen LogP contribution in [0.4, 0.5) is 0 Å². The van der Waals surface area contributed by atoms with Crippen molar-refractivity contribution < 1.29 is 9.53 Å². The first kappa shape index (κ1) is 16.0. The Morgan fingerprint density at radius 2 is 1.80 bits per heavy atom. The maximum atomic E-state index is 12.3. The number of carbonyl (C=O) groups excluding carboxylic acids is 1. The number of allylic oxidation sites excluding steroid dienone is 3. The highest BCUT2D eigenvalue weighted by Crippen LogP contribution is 2.11. The van der Waals surface area contributed by atoms with Crippen molar-refractivity contribution in [2.75, 3.05) is 13.6 Å². The molecule has 108 valence electrons. The molecule has 3 heteroatoms. The summed E-state index contributed by atoms with van der Waals surface area (Å²) in [7, 11) is 1.78. The zero-order valence-electron chi connectivity index (χ0n) is 12.9. The first-order valence-electron chi connectivity index (χ1n) is 6.76. The van der Waals surface area contributed by atoms with Crippen molar-refractivity contribution in [2.45, 2.75) is 27.7 Å². The number of carbonyl (C=O) groups is 1. The maximum Gasteiger partial charge on any atom is 0.254 e. The highest BCUT2D eigenvalue weighted by Gasteiger charge is 2.13. The lowest BCUT2D eigenvalue weighted by Gasteiger charge is -2.19. The average Bonchev–Trinajstić information content (AvgIpc) is 2.46. The quantitative estimate of drug-likeness (QED) is 0.761. The minimum absolute atomic E-state index is 0.00826. The molecule has 0 unspecified atom stereocenters. The Morgan fingerprint density at radius 1 is 1.20 bits per heavy atom. The summed E-state index contributed by atoms with van der Waals surface area (Å²) in [6.07, 6.45) is 3.78. The molecule has 0 radical (unpaired) electrons. The lowest BCUT2D eigenvalue weighted by atomic mass is 10.1. The summed E-state index contributed by atoms with van der Waals surface area (Å²) in [5.74, 6) is 1.59. The first-order valence-corrected chi connectivity index (χ1v) is 6.76. The van der Waals surface area contributed by atoms with Crippen LogP contribution in [0.15, 0.2) is 47.9 Å². The number of amides is 1. The smallest absolute Gasteiger partial charge is 0.254 e. The van der Waals surface area contributed by atoms with Crippen LogP contribution in [0.25, 0.3) is 0 Å². The van der Waals surface area contributed by atoms with Gasteiger partial charge in [0.2, 0.25) is 0 Å². The van der Waals surface area contributed by atoms with Crippen molar-refractivity contribution >= 4 is 5.91 Å². The fourth-order valence-electron chi connectivity index (χ4n) is 1.67. The Morgan fingerprint density at radius 3 is 2.30 bits per heavy atom.